The number of hydrogen-bond donors (Lipinski definition) is 8. The van der Waals surface area contributed by atoms with Gasteiger partial charge in [-0.3, -0.25) is 9.59 Å². The van der Waals surface area contributed by atoms with Gasteiger partial charge in [0.1, 0.15) is 29.1 Å². The standard InChI is InChI=1S/C28H20O14/c29-9-40-12-5-13-14(7-20(35)26(38)23(13)25(37)19(34)6-12)27-22(8-15-16(31)3-11(30)4-21(15)41-27)42-28(39)10-1-17(32)24(36)18(33)2-10/h1-7,9,22,27,30-33,35-36,38H,8H2,(H,34,37)/t22-,27-/m1/s1. The van der Waals surface area contributed by atoms with Crippen LogP contribution in [0.15, 0.2) is 47.3 Å². The van der Waals surface area contributed by atoms with E-state index in [1.807, 2.05) is 0 Å². The van der Waals surface area contributed by atoms with Gasteiger partial charge in [-0.25, -0.2) is 4.79 Å². The summed E-state index contributed by atoms with van der Waals surface area (Å²) in [5, 5.41) is 80.7. The molecule has 0 aliphatic carbocycles. The van der Waals surface area contributed by atoms with E-state index in [2.05, 4.69) is 0 Å². The Labute approximate surface area is 233 Å². The van der Waals surface area contributed by atoms with Crippen LogP contribution in [0.4, 0.5) is 0 Å². The van der Waals surface area contributed by atoms with E-state index in [1.165, 1.54) is 0 Å². The quantitative estimate of drug-likeness (QED) is 0.0960. The van der Waals surface area contributed by atoms with Gasteiger partial charge >= 0.3 is 5.97 Å². The van der Waals surface area contributed by atoms with Gasteiger partial charge in [0.2, 0.25) is 5.43 Å². The number of hydrogen-bond acceptors (Lipinski definition) is 14. The van der Waals surface area contributed by atoms with Crippen molar-refractivity contribution < 1.29 is 64.7 Å². The van der Waals surface area contributed by atoms with E-state index in [-0.39, 0.29) is 40.9 Å². The summed E-state index contributed by atoms with van der Waals surface area (Å²) in [6.45, 7) is 0.00355. The molecule has 0 spiro atoms. The number of fused-ring (bicyclic) bond motifs is 2. The van der Waals surface area contributed by atoms with E-state index in [0.717, 1.165) is 42.5 Å². The first-order valence-electron chi connectivity index (χ1n) is 11.9. The van der Waals surface area contributed by atoms with Crippen molar-refractivity contribution in [3.8, 4) is 57.5 Å². The van der Waals surface area contributed by atoms with Crippen LogP contribution in [0.1, 0.15) is 27.6 Å². The molecule has 1 aliphatic rings. The van der Waals surface area contributed by atoms with Crippen LogP contribution in [0.3, 0.4) is 0 Å². The van der Waals surface area contributed by atoms with Crippen molar-refractivity contribution in [3.05, 3.63) is 69.4 Å². The zero-order valence-electron chi connectivity index (χ0n) is 21.0. The first-order chi connectivity index (χ1) is 19.9. The van der Waals surface area contributed by atoms with E-state index >= 15 is 0 Å². The molecule has 4 aromatic carbocycles. The molecule has 0 radical (unpaired) electrons. The SMILES string of the molecule is O=COc1cc(=O)c(O)c2c(O)c(O)cc([C@H]3Oc4cc(O)cc(O)c4C[C@H]3OC(=O)c3cc(O)c(O)c(O)c3)c2c1. The van der Waals surface area contributed by atoms with Crippen molar-refractivity contribution >= 4 is 23.2 Å². The third-order valence-electron chi connectivity index (χ3n) is 6.60. The molecule has 0 aromatic heterocycles. The molecule has 0 amide bonds. The number of aromatic hydroxyl groups is 8. The van der Waals surface area contributed by atoms with E-state index < -0.39 is 80.6 Å². The molecule has 0 unspecified atom stereocenters. The van der Waals surface area contributed by atoms with E-state index in [0.29, 0.717) is 0 Å². The van der Waals surface area contributed by atoms with Gasteiger partial charge in [0.15, 0.2) is 40.6 Å². The number of phenolic OH excluding ortho intramolecular Hbond substituents is 7. The van der Waals surface area contributed by atoms with E-state index in [4.69, 9.17) is 14.2 Å². The molecule has 8 N–H and O–H groups in total. The monoisotopic (exact) mass is 580 g/mol. The normalized spacial score (nSPS) is 15.8. The lowest BCUT2D eigenvalue weighted by atomic mass is 9.90. The Hall–Kier alpha value is -6.05. The molecule has 0 saturated heterocycles. The maximum atomic E-state index is 13.1. The summed E-state index contributed by atoms with van der Waals surface area (Å²) in [6.07, 6.45) is -3.15. The molecular weight excluding hydrogens is 560 g/mol. The van der Waals surface area contributed by atoms with Crippen LogP contribution in [0, 0.1) is 0 Å². The molecule has 5 rings (SSSR count). The Kier molecular flexibility index (Phi) is 6.66. The topological polar surface area (TPSA) is 241 Å². The lowest BCUT2D eigenvalue weighted by Crippen LogP contribution is -2.35. The molecule has 4 aromatic rings. The highest BCUT2D eigenvalue weighted by Gasteiger charge is 2.38. The predicted molar refractivity (Wildman–Crippen MR) is 139 cm³/mol. The fraction of sp³-hybridized carbons (Fsp3) is 0.107. The number of phenols is 7. The van der Waals surface area contributed by atoms with Crippen LogP contribution in [-0.4, -0.2) is 59.4 Å². The molecule has 14 heteroatoms. The lowest BCUT2D eigenvalue weighted by Gasteiger charge is -2.34. The highest BCUT2D eigenvalue weighted by Crippen LogP contribution is 2.48. The number of rotatable bonds is 5. The Morgan fingerprint density at radius 2 is 1.48 bits per heavy atom. The first-order valence-corrected chi connectivity index (χ1v) is 11.9. The molecule has 0 bridgehead atoms. The van der Waals surface area contributed by atoms with Gasteiger partial charge in [0.25, 0.3) is 6.47 Å². The molecule has 1 aliphatic heterocycles. The summed E-state index contributed by atoms with van der Waals surface area (Å²) in [4.78, 5) is 36.7. The summed E-state index contributed by atoms with van der Waals surface area (Å²) in [5.41, 5.74) is -1.52. The second kappa shape index (κ2) is 10.2. The van der Waals surface area contributed by atoms with Gasteiger partial charge < -0.3 is 55.1 Å². The fourth-order valence-corrected chi connectivity index (χ4v) is 4.69. The van der Waals surface area contributed by atoms with Crippen LogP contribution < -0.4 is 14.9 Å². The molecule has 14 nitrogen and oxygen atoms in total. The summed E-state index contributed by atoms with van der Waals surface area (Å²) in [6, 6.07) is 6.59. The third-order valence-corrected chi connectivity index (χ3v) is 6.60. The summed E-state index contributed by atoms with van der Waals surface area (Å²) < 4.78 is 16.4. The zero-order valence-corrected chi connectivity index (χ0v) is 21.0. The number of ether oxygens (including phenoxy) is 3. The summed E-state index contributed by atoms with van der Waals surface area (Å²) in [5.74, 6) is -7.73. The van der Waals surface area contributed by atoms with Crippen molar-refractivity contribution in [3.63, 3.8) is 0 Å². The minimum absolute atomic E-state index is 0.00355. The lowest BCUT2D eigenvalue weighted by molar-refractivity contribution is -0.120. The second-order valence-corrected chi connectivity index (χ2v) is 9.23. The highest BCUT2D eigenvalue weighted by atomic mass is 16.6. The number of benzene rings is 3. The smallest absolute Gasteiger partial charge is 0.338 e. The van der Waals surface area contributed by atoms with Crippen molar-refractivity contribution in [1.29, 1.82) is 0 Å². The minimum atomic E-state index is -1.46. The Morgan fingerprint density at radius 3 is 2.14 bits per heavy atom. The minimum Gasteiger partial charge on any atom is -0.508 e. The molecule has 0 saturated carbocycles. The third kappa shape index (κ3) is 4.66. The zero-order chi connectivity index (χ0) is 30.5. The number of carbonyl (C=O) groups excluding carboxylic acids is 2. The highest BCUT2D eigenvalue weighted by molar-refractivity contribution is 5.98. The summed E-state index contributed by atoms with van der Waals surface area (Å²) in [7, 11) is 0. The van der Waals surface area contributed by atoms with Gasteiger partial charge in [-0.1, -0.05) is 0 Å². The van der Waals surface area contributed by atoms with Crippen LogP contribution in [0.25, 0.3) is 10.8 Å². The first kappa shape index (κ1) is 27.5. The molecule has 1 heterocycles. The van der Waals surface area contributed by atoms with Gasteiger partial charge in [-0.05, 0) is 24.3 Å². The molecule has 42 heavy (non-hydrogen) atoms. The molecule has 2 atom stereocenters. The largest absolute Gasteiger partial charge is 0.508 e. The Bertz CT molecular complexity index is 1830. The predicted octanol–water partition coefficient (Wildman–Crippen LogP) is 2.28. The van der Waals surface area contributed by atoms with Gasteiger partial charge in [-0.2, -0.15) is 0 Å². The Morgan fingerprint density at radius 1 is 0.810 bits per heavy atom. The maximum absolute atomic E-state index is 13.1. The van der Waals surface area contributed by atoms with Crippen molar-refractivity contribution in [2.45, 2.75) is 18.6 Å². The van der Waals surface area contributed by atoms with Crippen LogP contribution in [0.2, 0.25) is 0 Å². The van der Waals surface area contributed by atoms with Crippen molar-refractivity contribution in [2.24, 2.45) is 0 Å². The molecular formula is C28H20O14. The van der Waals surface area contributed by atoms with Gasteiger partial charge in [0, 0.05) is 41.1 Å². The number of carbonyl (C=O) groups is 2. The fourth-order valence-electron chi connectivity index (χ4n) is 4.69. The van der Waals surface area contributed by atoms with Crippen molar-refractivity contribution in [2.75, 3.05) is 0 Å². The summed E-state index contributed by atoms with van der Waals surface area (Å²) >= 11 is 0. The average molecular weight is 580 g/mol. The molecule has 0 fully saturated rings. The number of esters is 1. The van der Waals surface area contributed by atoms with Gasteiger partial charge in [0.05, 0.1) is 10.9 Å². The van der Waals surface area contributed by atoms with Crippen molar-refractivity contribution in [1.82, 2.24) is 0 Å². The average Bonchev–Trinajstić information content (AvgIpc) is 3.05. The van der Waals surface area contributed by atoms with Crippen LogP contribution in [0.5, 0.6) is 57.5 Å². The molecule has 216 valence electrons. The van der Waals surface area contributed by atoms with Crippen LogP contribution >= 0.6 is 0 Å². The second-order valence-electron chi connectivity index (χ2n) is 9.23. The van der Waals surface area contributed by atoms with Crippen LogP contribution in [-0.2, 0) is 16.0 Å². The van der Waals surface area contributed by atoms with Gasteiger partial charge in [-0.15, -0.1) is 0 Å². The van der Waals surface area contributed by atoms with E-state index in [1.54, 1.807) is 0 Å². The maximum Gasteiger partial charge on any atom is 0.338 e. The Balaban J connectivity index is 1.73. The van der Waals surface area contributed by atoms with E-state index in [9.17, 15) is 55.2 Å².